The summed E-state index contributed by atoms with van der Waals surface area (Å²) in [6.45, 7) is 4.44. The van der Waals surface area contributed by atoms with Crippen molar-refractivity contribution in [3.05, 3.63) is 29.8 Å². The van der Waals surface area contributed by atoms with Crippen molar-refractivity contribution in [2.75, 3.05) is 11.4 Å². The van der Waals surface area contributed by atoms with Crippen LogP contribution in [0.25, 0.3) is 0 Å². The van der Waals surface area contributed by atoms with Gasteiger partial charge in [-0.25, -0.2) is 0 Å². The lowest BCUT2D eigenvalue weighted by molar-refractivity contribution is -0.118. The van der Waals surface area contributed by atoms with Gasteiger partial charge in [0.2, 0.25) is 5.91 Å². The summed E-state index contributed by atoms with van der Waals surface area (Å²) in [4.78, 5) is 13.8. The fourth-order valence-corrected chi connectivity index (χ4v) is 2.19. The van der Waals surface area contributed by atoms with Gasteiger partial charge in [0.1, 0.15) is 0 Å². The molecule has 3 nitrogen and oxygen atoms in total. The van der Waals surface area contributed by atoms with E-state index in [-0.39, 0.29) is 11.3 Å². The van der Waals surface area contributed by atoms with Crippen LogP contribution < -0.4 is 4.90 Å². The van der Waals surface area contributed by atoms with E-state index in [1.807, 2.05) is 36.9 Å². The Morgan fingerprint density at radius 2 is 2.06 bits per heavy atom. The van der Waals surface area contributed by atoms with Gasteiger partial charge in [-0.05, 0) is 38.3 Å². The van der Waals surface area contributed by atoms with Crippen LogP contribution in [-0.2, 0) is 11.2 Å². The van der Waals surface area contributed by atoms with E-state index in [4.69, 9.17) is 5.26 Å². The predicted octanol–water partition coefficient (Wildman–Crippen LogP) is 2.91. The van der Waals surface area contributed by atoms with Gasteiger partial charge in [-0.2, -0.15) is 5.26 Å². The lowest BCUT2D eigenvalue weighted by atomic mass is 9.90. The second kappa shape index (κ2) is 4.81. The number of amides is 1. The smallest absolute Gasteiger partial charge is 0.227 e. The van der Waals surface area contributed by atoms with E-state index in [2.05, 4.69) is 12.1 Å². The molecule has 0 saturated carbocycles. The third kappa shape index (κ3) is 2.53. The molecule has 2 rings (SSSR count). The molecule has 18 heavy (non-hydrogen) atoms. The van der Waals surface area contributed by atoms with Crippen LogP contribution in [0.15, 0.2) is 24.3 Å². The first-order valence-corrected chi connectivity index (χ1v) is 6.33. The zero-order valence-electron chi connectivity index (χ0n) is 10.9. The normalized spacial score (nSPS) is 15.2. The Balaban J connectivity index is 2.18. The van der Waals surface area contributed by atoms with E-state index in [0.29, 0.717) is 19.4 Å². The van der Waals surface area contributed by atoms with Crippen LogP contribution in [0.3, 0.4) is 0 Å². The Kier molecular flexibility index (Phi) is 3.38. The Labute approximate surface area is 108 Å². The molecule has 94 valence electrons. The first kappa shape index (κ1) is 12.6. The molecule has 1 aromatic carbocycles. The van der Waals surface area contributed by atoms with Gasteiger partial charge in [-0.15, -0.1) is 0 Å². The van der Waals surface area contributed by atoms with Gasteiger partial charge < -0.3 is 4.90 Å². The van der Waals surface area contributed by atoms with Gasteiger partial charge in [0.15, 0.2) is 0 Å². The highest BCUT2D eigenvalue weighted by Crippen LogP contribution is 2.29. The van der Waals surface area contributed by atoms with Crippen LogP contribution >= 0.6 is 0 Å². The number of carbonyl (C=O) groups is 1. The van der Waals surface area contributed by atoms with Crippen LogP contribution in [0.1, 0.15) is 32.3 Å². The number of carbonyl (C=O) groups excluding carboxylic acids is 1. The van der Waals surface area contributed by atoms with E-state index in [1.54, 1.807) is 0 Å². The lowest BCUT2D eigenvalue weighted by Crippen LogP contribution is -2.37. The molecule has 0 atom stereocenters. The zero-order valence-corrected chi connectivity index (χ0v) is 10.9. The molecule has 1 aromatic rings. The number of anilines is 1. The quantitative estimate of drug-likeness (QED) is 0.818. The number of para-hydroxylation sites is 1. The van der Waals surface area contributed by atoms with E-state index in [9.17, 15) is 4.79 Å². The summed E-state index contributed by atoms with van der Waals surface area (Å²) >= 11 is 0. The summed E-state index contributed by atoms with van der Waals surface area (Å²) < 4.78 is 0. The zero-order chi connectivity index (χ0) is 13.2. The summed E-state index contributed by atoms with van der Waals surface area (Å²) in [5.74, 6) is 0.169. The van der Waals surface area contributed by atoms with E-state index < -0.39 is 0 Å². The molecule has 1 amide bonds. The highest BCUT2D eigenvalue weighted by atomic mass is 16.2. The van der Waals surface area contributed by atoms with Crippen LogP contribution in [0, 0.1) is 16.7 Å². The fraction of sp³-hybridized carbons (Fsp3) is 0.467. The number of hydrogen-bond donors (Lipinski definition) is 0. The van der Waals surface area contributed by atoms with Gasteiger partial charge in [-0.1, -0.05) is 18.2 Å². The van der Waals surface area contributed by atoms with Crippen molar-refractivity contribution in [2.45, 2.75) is 33.1 Å². The molecule has 1 aliphatic rings. The molecule has 1 aliphatic heterocycles. The van der Waals surface area contributed by atoms with Crippen molar-refractivity contribution in [3.8, 4) is 6.07 Å². The molecule has 0 unspecified atom stereocenters. The average molecular weight is 242 g/mol. The number of nitriles is 1. The number of aryl methyl sites for hydroxylation is 1. The van der Waals surface area contributed by atoms with Crippen LogP contribution in [0.5, 0.6) is 0 Å². The highest BCUT2D eigenvalue weighted by molar-refractivity contribution is 5.96. The number of benzene rings is 1. The first-order chi connectivity index (χ1) is 8.53. The van der Waals surface area contributed by atoms with E-state index in [0.717, 1.165) is 12.1 Å². The van der Waals surface area contributed by atoms with Crippen molar-refractivity contribution in [2.24, 2.45) is 5.41 Å². The number of rotatable bonds is 3. The van der Waals surface area contributed by atoms with Crippen molar-refractivity contribution in [1.29, 1.82) is 5.26 Å². The summed E-state index contributed by atoms with van der Waals surface area (Å²) in [5, 5.41) is 9.03. The molecule has 3 heteroatoms. The Hall–Kier alpha value is -1.82. The standard InChI is InChI=1S/C15H18N2O/c1-15(2,11-16)9-10-17-13-6-4-3-5-12(13)7-8-14(17)18/h3-6H,7-10H2,1-2H3. The third-order valence-electron chi connectivity index (χ3n) is 3.45. The average Bonchev–Trinajstić information content (AvgIpc) is 2.37. The Morgan fingerprint density at radius 3 is 2.78 bits per heavy atom. The van der Waals surface area contributed by atoms with Crippen molar-refractivity contribution in [3.63, 3.8) is 0 Å². The topological polar surface area (TPSA) is 44.1 Å². The molecule has 0 aliphatic carbocycles. The molecule has 0 saturated heterocycles. The van der Waals surface area contributed by atoms with Crippen molar-refractivity contribution < 1.29 is 4.79 Å². The third-order valence-corrected chi connectivity index (χ3v) is 3.45. The lowest BCUT2D eigenvalue weighted by Gasteiger charge is -2.31. The van der Waals surface area contributed by atoms with E-state index >= 15 is 0 Å². The molecular weight excluding hydrogens is 224 g/mol. The molecule has 0 radical (unpaired) electrons. The molecule has 1 heterocycles. The van der Waals surface area contributed by atoms with Gasteiger partial charge >= 0.3 is 0 Å². The van der Waals surface area contributed by atoms with Gasteiger partial charge in [0.05, 0.1) is 11.5 Å². The van der Waals surface area contributed by atoms with Crippen molar-refractivity contribution in [1.82, 2.24) is 0 Å². The largest absolute Gasteiger partial charge is 0.312 e. The Morgan fingerprint density at radius 1 is 1.33 bits per heavy atom. The second-order valence-corrected chi connectivity index (χ2v) is 5.42. The number of nitrogens with zero attached hydrogens (tertiary/aromatic N) is 2. The van der Waals surface area contributed by atoms with Crippen LogP contribution in [0.4, 0.5) is 5.69 Å². The summed E-state index contributed by atoms with van der Waals surface area (Å²) in [6, 6.07) is 10.3. The monoisotopic (exact) mass is 242 g/mol. The van der Waals surface area contributed by atoms with Gasteiger partial charge in [0.25, 0.3) is 0 Å². The molecular formula is C15H18N2O. The minimum atomic E-state index is -0.382. The van der Waals surface area contributed by atoms with Gasteiger partial charge in [0, 0.05) is 18.7 Å². The number of hydrogen-bond acceptors (Lipinski definition) is 2. The minimum Gasteiger partial charge on any atom is -0.312 e. The van der Waals surface area contributed by atoms with Gasteiger partial charge in [-0.3, -0.25) is 4.79 Å². The van der Waals surface area contributed by atoms with Crippen LogP contribution in [-0.4, -0.2) is 12.5 Å². The molecule has 0 spiro atoms. The van der Waals surface area contributed by atoms with E-state index in [1.165, 1.54) is 5.56 Å². The maximum Gasteiger partial charge on any atom is 0.227 e. The SMILES string of the molecule is CC(C)(C#N)CCN1C(=O)CCc2ccccc21. The number of fused-ring (bicyclic) bond motifs is 1. The molecule has 0 N–H and O–H groups in total. The Bertz CT molecular complexity index is 499. The first-order valence-electron chi connectivity index (χ1n) is 6.33. The maximum atomic E-state index is 12.0. The predicted molar refractivity (Wildman–Crippen MR) is 71.1 cm³/mol. The molecule has 0 bridgehead atoms. The highest BCUT2D eigenvalue weighted by Gasteiger charge is 2.26. The van der Waals surface area contributed by atoms with Crippen LogP contribution in [0.2, 0.25) is 0 Å². The summed E-state index contributed by atoms with van der Waals surface area (Å²) in [7, 11) is 0. The molecule has 0 fully saturated rings. The van der Waals surface area contributed by atoms with Crippen molar-refractivity contribution >= 4 is 11.6 Å². The maximum absolute atomic E-state index is 12.0. The fourth-order valence-electron chi connectivity index (χ4n) is 2.19. The summed E-state index contributed by atoms with van der Waals surface area (Å²) in [5.41, 5.74) is 1.86. The molecule has 0 aromatic heterocycles. The second-order valence-electron chi connectivity index (χ2n) is 5.42. The summed E-state index contributed by atoms with van der Waals surface area (Å²) in [6.07, 6.45) is 2.10. The minimum absolute atomic E-state index is 0.169.